The summed E-state index contributed by atoms with van der Waals surface area (Å²) in [6, 6.07) is 17.6. The van der Waals surface area contributed by atoms with Crippen molar-refractivity contribution >= 4 is 0 Å². The van der Waals surface area contributed by atoms with Gasteiger partial charge >= 0.3 is 0 Å². The fourth-order valence-electron chi connectivity index (χ4n) is 3.30. The van der Waals surface area contributed by atoms with E-state index in [0.29, 0.717) is 0 Å². The Balaban J connectivity index is 2.62. The maximum atomic E-state index is 2.39. The fraction of sp³-hybridized carbons (Fsp3) is 0.368. The van der Waals surface area contributed by atoms with Gasteiger partial charge in [0.05, 0.1) is 0 Å². The highest BCUT2D eigenvalue weighted by Crippen LogP contribution is 2.39. The minimum absolute atomic E-state index is 0.117. The molecule has 0 aliphatic heterocycles. The summed E-state index contributed by atoms with van der Waals surface area (Å²) in [5.41, 5.74) is 5.83. The molecule has 0 atom stereocenters. The van der Waals surface area contributed by atoms with E-state index < -0.39 is 0 Å². The lowest BCUT2D eigenvalue weighted by Crippen LogP contribution is -2.25. The Labute approximate surface area is 117 Å². The summed E-state index contributed by atoms with van der Waals surface area (Å²) in [5.74, 6) is 0. The molecule has 0 fully saturated rings. The molecule has 0 unspecified atom stereocenters. The van der Waals surface area contributed by atoms with Crippen LogP contribution >= 0.6 is 0 Å². The van der Waals surface area contributed by atoms with Crippen LogP contribution in [0, 0.1) is 13.8 Å². The van der Waals surface area contributed by atoms with Gasteiger partial charge in [0.15, 0.2) is 0 Å². The second kappa shape index (κ2) is 5.61. The number of hydrogen-bond donors (Lipinski definition) is 0. The molecule has 0 spiro atoms. The lowest BCUT2D eigenvalue weighted by molar-refractivity contribution is 0.506. The molecule has 0 amide bonds. The third kappa shape index (κ3) is 2.58. The van der Waals surface area contributed by atoms with Crippen LogP contribution in [0.1, 0.15) is 48.9 Å². The highest BCUT2D eigenvalue weighted by molar-refractivity contribution is 5.45. The first kappa shape index (κ1) is 13.9. The summed E-state index contributed by atoms with van der Waals surface area (Å²) in [5, 5.41) is 0. The van der Waals surface area contributed by atoms with E-state index >= 15 is 0 Å². The first-order chi connectivity index (χ1) is 9.09. The molecule has 0 bridgehead atoms. The van der Waals surface area contributed by atoms with Crippen molar-refractivity contribution in [3.63, 3.8) is 0 Å². The van der Waals surface area contributed by atoms with Gasteiger partial charge in [-0.05, 0) is 42.5 Å². The molecule has 0 heteroatoms. The standard InChI is InChI=1S/C19H24/c1-5-14-19(4,17-12-8-6-10-15(17)2)18-13-9-7-11-16(18)3/h6-13H,5,14H2,1-4H3. The zero-order valence-corrected chi connectivity index (χ0v) is 12.5. The zero-order valence-electron chi connectivity index (χ0n) is 12.5. The van der Waals surface area contributed by atoms with Crippen LogP contribution in [0.15, 0.2) is 48.5 Å². The summed E-state index contributed by atoms with van der Waals surface area (Å²) >= 11 is 0. The van der Waals surface area contributed by atoms with E-state index in [1.807, 2.05) is 0 Å². The maximum absolute atomic E-state index is 2.39. The number of aryl methyl sites for hydroxylation is 2. The third-order valence-electron chi connectivity index (χ3n) is 4.23. The van der Waals surface area contributed by atoms with Crippen LogP contribution in [0.4, 0.5) is 0 Å². The van der Waals surface area contributed by atoms with Crippen molar-refractivity contribution in [2.24, 2.45) is 0 Å². The van der Waals surface area contributed by atoms with Gasteiger partial charge in [0.2, 0.25) is 0 Å². The monoisotopic (exact) mass is 252 g/mol. The molecule has 19 heavy (non-hydrogen) atoms. The Morgan fingerprint density at radius 1 is 0.789 bits per heavy atom. The molecule has 0 aliphatic rings. The molecular weight excluding hydrogens is 228 g/mol. The summed E-state index contributed by atoms with van der Waals surface area (Å²) < 4.78 is 0. The van der Waals surface area contributed by atoms with Gasteiger partial charge in [-0.15, -0.1) is 0 Å². The topological polar surface area (TPSA) is 0 Å². The Morgan fingerprint density at radius 3 is 1.58 bits per heavy atom. The molecular formula is C19H24. The minimum atomic E-state index is 0.117. The normalized spacial score (nSPS) is 11.6. The van der Waals surface area contributed by atoms with Crippen LogP contribution in [0.2, 0.25) is 0 Å². The molecule has 0 radical (unpaired) electrons. The molecule has 0 nitrogen and oxygen atoms in total. The van der Waals surface area contributed by atoms with Gasteiger partial charge in [-0.3, -0.25) is 0 Å². The predicted octanol–water partition coefficient (Wildman–Crippen LogP) is 5.41. The van der Waals surface area contributed by atoms with Crippen LogP contribution in [0.25, 0.3) is 0 Å². The summed E-state index contributed by atoms with van der Waals surface area (Å²) in [4.78, 5) is 0. The average Bonchev–Trinajstić information content (AvgIpc) is 2.39. The summed E-state index contributed by atoms with van der Waals surface area (Å²) in [7, 11) is 0. The zero-order chi connectivity index (χ0) is 13.9. The van der Waals surface area contributed by atoms with Crippen molar-refractivity contribution in [3.8, 4) is 0 Å². The van der Waals surface area contributed by atoms with Crippen molar-refractivity contribution < 1.29 is 0 Å². The average molecular weight is 252 g/mol. The Kier molecular flexibility index (Phi) is 4.09. The van der Waals surface area contributed by atoms with Crippen molar-refractivity contribution in [1.82, 2.24) is 0 Å². The van der Waals surface area contributed by atoms with Gasteiger partial charge in [0.1, 0.15) is 0 Å². The van der Waals surface area contributed by atoms with Crippen molar-refractivity contribution in [1.29, 1.82) is 0 Å². The SMILES string of the molecule is CCCC(C)(c1ccccc1C)c1ccccc1C. The maximum Gasteiger partial charge on any atom is 0.0179 e. The predicted molar refractivity (Wildman–Crippen MR) is 83.7 cm³/mol. The molecule has 0 aliphatic carbocycles. The fourth-order valence-corrected chi connectivity index (χ4v) is 3.30. The Morgan fingerprint density at radius 2 is 1.21 bits per heavy atom. The van der Waals surface area contributed by atoms with Crippen molar-refractivity contribution in [2.75, 3.05) is 0 Å². The molecule has 2 aromatic carbocycles. The second-order valence-corrected chi connectivity index (χ2v) is 5.71. The quantitative estimate of drug-likeness (QED) is 0.682. The third-order valence-corrected chi connectivity index (χ3v) is 4.23. The number of hydrogen-bond acceptors (Lipinski definition) is 0. The first-order valence-electron chi connectivity index (χ1n) is 7.22. The van der Waals surface area contributed by atoms with E-state index in [0.717, 1.165) is 0 Å². The number of benzene rings is 2. The van der Waals surface area contributed by atoms with Gasteiger partial charge in [-0.25, -0.2) is 0 Å². The summed E-state index contributed by atoms with van der Waals surface area (Å²) in [6.07, 6.45) is 2.38. The Hall–Kier alpha value is -1.56. The molecule has 0 aromatic heterocycles. The molecule has 0 N–H and O–H groups in total. The van der Waals surface area contributed by atoms with Crippen LogP contribution in [-0.4, -0.2) is 0 Å². The smallest absolute Gasteiger partial charge is 0.0179 e. The molecule has 2 rings (SSSR count). The Bertz CT molecular complexity index is 506. The molecule has 0 heterocycles. The lowest BCUT2D eigenvalue weighted by Gasteiger charge is -2.33. The van der Waals surface area contributed by atoms with E-state index in [2.05, 4.69) is 76.2 Å². The van der Waals surface area contributed by atoms with E-state index in [4.69, 9.17) is 0 Å². The molecule has 0 saturated carbocycles. The van der Waals surface area contributed by atoms with Crippen LogP contribution < -0.4 is 0 Å². The van der Waals surface area contributed by atoms with Crippen LogP contribution in [-0.2, 0) is 5.41 Å². The number of rotatable bonds is 4. The molecule has 100 valence electrons. The largest absolute Gasteiger partial charge is 0.0653 e. The molecule has 2 aromatic rings. The van der Waals surface area contributed by atoms with Gasteiger partial charge in [-0.1, -0.05) is 68.8 Å². The van der Waals surface area contributed by atoms with E-state index in [9.17, 15) is 0 Å². The minimum Gasteiger partial charge on any atom is -0.0653 e. The van der Waals surface area contributed by atoms with Crippen LogP contribution in [0.3, 0.4) is 0 Å². The van der Waals surface area contributed by atoms with Gasteiger partial charge in [-0.2, -0.15) is 0 Å². The van der Waals surface area contributed by atoms with Gasteiger partial charge in [0, 0.05) is 5.41 Å². The highest BCUT2D eigenvalue weighted by Gasteiger charge is 2.30. The van der Waals surface area contributed by atoms with Crippen molar-refractivity contribution in [2.45, 2.75) is 46.0 Å². The first-order valence-corrected chi connectivity index (χ1v) is 7.22. The summed E-state index contributed by atoms with van der Waals surface area (Å²) in [6.45, 7) is 9.11. The van der Waals surface area contributed by atoms with Gasteiger partial charge in [0.25, 0.3) is 0 Å². The van der Waals surface area contributed by atoms with Crippen molar-refractivity contribution in [3.05, 3.63) is 70.8 Å². The van der Waals surface area contributed by atoms with Crippen LogP contribution in [0.5, 0.6) is 0 Å². The van der Waals surface area contributed by atoms with Gasteiger partial charge < -0.3 is 0 Å². The lowest BCUT2D eigenvalue weighted by atomic mass is 9.70. The van der Waals surface area contributed by atoms with E-state index in [-0.39, 0.29) is 5.41 Å². The van der Waals surface area contributed by atoms with E-state index in [1.54, 1.807) is 0 Å². The van der Waals surface area contributed by atoms with E-state index in [1.165, 1.54) is 35.1 Å². The highest BCUT2D eigenvalue weighted by atomic mass is 14.3. The molecule has 0 saturated heterocycles. The second-order valence-electron chi connectivity index (χ2n) is 5.71.